The van der Waals surface area contributed by atoms with Crippen LogP contribution in [0.25, 0.3) is 11.3 Å². The van der Waals surface area contributed by atoms with Gasteiger partial charge in [-0.1, -0.05) is 12.1 Å². The van der Waals surface area contributed by atoms with Gasteiger partial charge in [0, 0.05) is 23.4 Å². The Balaban J connectivity index is 1.69. The van der Waals surface area contributed by atoms with Crippen molar-refractivity contribution in [2.75, 3.05) is 5.32 Å². The highest BCUT2D eigenvalue weighted by Gasteiger charge is 2.27. The summed E-state index contributed by atoms with van der Waals surface area (Å²) in [5.41, 5.74) is 3.59. The number of aromatic nitrogens is 2. The fourth-order valence-electron chi connectivity index (χ4n) is 2.40. The highest BCUT2D eigenvalue weighted by molar-refractivity contribution is 5.99. The molecule has 1 aliphatic heterocycles. The van der Waals surface area contributed by atoms with Gasteiger partial charge in [0.05, 0.1) is 12.0 Å². The first-order chi connectivity index (χ1) is 10.1. The second kappa shape index (κ2) is 5.40. The zero-order chi connectivity index (χ0) is 14.8. The summed E-state index contributed by atoms with van der Waals surface area (Å²) < 4.78 is 0. The fraction of sp³-hybridized carbons (Fsp3) is 0.267. The Labute approximate surface area is 122 Å². The maximum absolute atomic E-state index is 12.0. The fourth-order valence-corrected chi connectivity index (χ4v) is 2.40. The first-order valence-electron chi connectivity index (χ1n) is 6.84. The number of imidazole rings is 1. The van der Waals surface area contributed by atoms with E-state index < -0.39 is 6.04 Å². The number of nitrogens with zero attached hydrogens (tertiary/aromatic N) is 1. The predicted molar refractivity (Wildman–Crippen MR) is 78.6 cm³/mol. The van der Waals surface area contributed by atoms with Crippen LogP contribution in [0.4, 0.5) is 5.69 Å². The second-order valence-corrected chi connectivity index (χ2v) is 5.10. The van der Waals surface area contributed by atoms with Gasteiger partial charge in [0.15, 0.2) is 0 Å². The molecule has 3 N–H and O–H groups in total. The molecule has 1 saturated heterocycles. The molecule has 21 heavy (non-hydrogen) atoms. The maximum atomic E-state index is 12.0. The minimum atomic E-state index is -0.425. The van der Waals surface area contributed by atoms with Crippen LogP contribution in [0.5, 0.6) is 0 Å². The molecule has 1 unspecified atom stereocenters. The topological polar surface area (TPSA) is 86.9 Å². The van der Waals surface area contributed by atoms with Gasteiger partial charge in [-0.2, -0.15) is 0 Å². The zero-order valence-corrected chi connectivity index (χ0v) is 11.6. The molecule has 2 heterocycles. The van der Waals surface area contributed by atoms with Crippen molar-refractivity contribution in [2.45, 2.75) is 25.8 Å². The number of anilines is 1. The van der Waals surface area contributed by atoms with Gasteiger partial charge in [-0.15, -0.1) is 0 Å². The lowest BCUT2D eigenvalue weighted by atomic mass is 10.1. The second-order valence-electron chi connectivity index (χ2n) is 5.10. The number of amides is 2. The number of aryl methyl sites for hydroxylation is 1. The number of hydrogen-bond donors (Lipinski definition) is 3. The van der Waals surface area contributed by atoms with Gasteiger partial charge in [0.1, 0.15) is 6.04 Å². The van der Waals surface area contributed by atoms with Crippen LogP contribution in [-0.4, -0.2) is 27.8 Å². The van der Waals surface area contributed by atoms with E-state index >= 15 is 0 Å². The number of hydrogen-bond acceptors (Lipinski definition) is 3. The van der Waals surface area contributed by atoms with Crippen LogP contribution in [-0.2, 0) is 9.59 Å². The Kier molecular flexibility index (Phi) is 3.43. The monoisotopic (exact) mass is 284 g/mol. The van der Waals surface area contributed by atoms with Gasteiger partial charge in [0.25, 0.3) is 0 Å². The molecule has 1 aromatic heterocycles. The van der Waals surface area contributed by atoms with Crippen molar-refractivity contribution >= 4 is 17.5 Å². The molecule has 6 nitrogen and oxygen atoms in total. The van der Waals surface area contributed by atoms with Crippen molar-refractivity contribution in [1.29, 1.82) is 0 Å². The molecule has 6 heteroatoms. The molecule has 0 radical (unpaired) electrons. The average Bonchev–Trinajstić information content (AvgIpc) is 3.08. The van der Waals surface area contributed by atoms with Crippen LogP contribution in [0, 0.1) is 6.92 Å². The Morgan fingerprint density at radius 3 is 2.67 bits per heavy atom. The lowest BCUT2D eigenvalue weighted by Crippen LogP contribution is -2.37. The Morgan fingerprint density at radius 2 is 2.10 bits per heavy atom. The van der Waals surface area contributed by atoms with E-state index in [1.807, 2.05) is 31.2 Å². The van der Waals surface area contributed by atoms with Gasteiger partial charge >= 0.3 is 0 Å². The molecule has 3 rings (SSSR count). The summed E-state index contributed by atoms with van der Waals surface area (Å²) in [7, 11) is 0. The smallest absolute Gasteiger partial charge is 0.246 e. The van der Waals surface area contributed by atoms with E-state index in [0.717, 1.165) is 17.0 Å². The first kappa shape index (κ1) is 13.4. The Morgan fingerprint density at radius 1 is 1.33 bits per heavy atom. The molecule has 2 amide bonds. The number of benzene rings is 1. The van der Waals surface area contributed by atoms with Crippen molar-refractivity contribution in [2.24, 2.45) is 0 Å². The molecule has 1 aliphatic rings. The van der Waals surface area contributed by atoms with Gasteiger partial charge in [-0.05, 0) is 25.5 Å². The molecular weight excluding hydrogens is 268 g/mol. The van der Waals surface area contributed by atoms with Crippen molar-refractivity contribution in [1.82, 2.24) is 15.3 Å². The molecule has 0 bridgehead atoms. The number of aromatic amines is 1. The zero-order valence-electron chi connectivity index (χ0n) is 11.6. The molecular formula is C15H16N4O2. The normalized spacial score (nSPS) is 17.6. The van der Waals surface area contributed by atoms with Gasteiger partial charge in [0.2, 0.25) is 11.8 Å². The lowest BCUT2D eigenvalue weighted by molar-refractivity contribution is -0.122. The van der Waals surface area contributed by atoms with Crippen molar-refractivity contribution in [3.63, 3.8) is 0 Å². The minimum absolute atomic E-state index is 0.0699. The predicted octanol–water partition coefficient (Wildman–Crippen LogP) is 1.60. The van der Waals surface area contributed by atoms with E-state index in [-0.39, 0.29) is 11.8 Å². The highest BCUT2D eigenvalue weighted by atomic mass is 16.2. The summed E-state index contributed by atoms with van der Waals surface area (Å²) in [5.74, 6) is -0.246. The molecule has 1 fully saturated rings. The minimum Gasteiger partial charge on any atom is -0.348 e. The quantitative estimate of drug-likeness (QED) is 0.800. The molecule has 1 aromatic carbocycles. The summed E-state index contributed by atoms with van der Waals surface area (Å²) in [6, 6.07) is 7.06. The lowest BCUT2D eigenvalue weighted by Gasteiger charge is -2.11. The average molecular weight is 284 g/mol. The third-order valence-corrected chi connectivity index (χ3v) is 3.57. The van der Waals surface area contributed by atoms with Crippen LogP contribution in [0.3, 0.4) is 0 Å². The van der Waals surface area contributed by atoms with Crippen molar-refractivity contribution in [3.8, 4) is 11.3 Å². The molecule has 1 atom stereocenters. The van der Waals surface area contributed by atoms with Gasteiger partial charge < -0.3 is 15.6 Å². The number of nitrogens with one attached hydrogen (secondary N) is 3. The number of H-pyrrole nitrogens is 1. The van der Waals surface area contributed by atoms with Crippen LogP contribution in [0.1, 0.15) is 18.5 Å². The Bertz CT molecular complexity index is 675. The van der Waals surface area contributed by atoms with Crippen LogP contribution in [0.15, 0.2) is 30.6 Å². The molecule has 108 valence electrons. The highest BCUT2D eigenvalue weighted by Crippen LogP contribution is 2.22. The Hall–Kier alpha value is -2.63. The van der Waals surface area contributed by atoms with E-state index in [1.165, 1.54) is 0 Å². The van der Waals surface area contributed by atoms with Gasteiger partial charge in [-0.25, -0.2) is 4.98 Å². The van der Waals surface area contributed by atoms with Crippen LogP contribution < -0.4 is 10.6 Å². The summed E-state index contributed by atoms with van der Waals surface area (Å²) in [4.78, 5) is 30.4. The standard InChI is InChI=1S/C15H16N4O2/c1-9-14(17-8-16-9)10-2-4-11(5-3-10)18-15(21)12-6-7-13(20)19-12/h2-5,8,12H,6-7H2,1H3,(H,16,17)(H,18,21)(H,19,20). The summed E-state index contributed by atoms with van der Waals surface area (Å²) >= 11 is 0. The van der Waals surface area contributed by atoms with Crippen molar-refractivity contribution in [3.05, 3.63) is 36.3 Å². The van der Waals surface area contributed by atoms with Crippen LogP contribution >= 0.6 is 0 Å². The number of carbonyl (C=O) groups is 2. The number of rotatable bonds is 3. The first-order valence-corrected chi connectivity index (χ1v) is 6.84. The summed E-state index contributed by atoms with van der Waals surface area (Å²) in [6.07, 6.45) is 2.62. The van der Waals surface area contributed by atoms with E-state index in [2.05, 4.69) is 20.6 Å². The maximum Gasteiger partial charge on any atom is 0.246 e. The molecule has 0 spiro atoms. The molecule has 0 saturated carbocycles. The third-order valence-electron chi connectivity index (χ3n) is 3.57. The van der Waals surface area contributed by atoms with Crippen LogP contribution in [0.2, 0.25) is 0 Å². The number of carbonyl (C=O) groups excluding carboxylic acids is 2. The van der Waals surface area contributed by atoms with E-state index in [0.29, 0.717) is 18.5 Å². The summed E-state index contributed by atoms with van der Waals surface area (Å²) in [5, 5.41) is 5.46. The van der Waals surface area contributed by atoms with Crippen molar-refractivity contribution < 1.29 is 9.59 Å². The largest absolute Gasteiger partial charge is 0.348 e. The third kappa shape index (κ3) is 2.79. The summed E-state index contributed by atoms with van der Waals surface area (Å²) in [6.45, 7) is 1.96. The van der Waals surface area contributed by atoms with E-state index in [9.17, 15) is 9.59 Å². The van der Waals surface area contributed by atoms with Gasteiger partial charge in [-0.3, -0.25) is 9.59 Å². The SMILES string of the molecule is Cc1[nH]cnc1-c1ccc(NC(=O)C2CCC(=O)N2)cc1. The van der Waals surface area contributed by atoms with E-state index in [4.69, 9.17) is 0 Å². The molecule has 0 aliphatic carbocycles. The molecule has 2 aromatic rings. The van der Waals surface area contributed by atoms with E-state index in [1.54, 1.807) is 6.33 Å².